The van der Waals surface area contributed by atoms with Gasteiger partial charge in [0, 0.05) is 24.5 Å². The Bertz CT molecular complexity index is 902. The Kier molecular flexibility index (Phi) is 6.76. The molecule has 146 valence electrons. The van der Waals surface area contributed by atoms with E-state index in [0.717, 1.165) is 11.4 Å². The Morgan fingerprint density at radius 1 is 1.07 bits per heavy atom. The van der Waals surface area contributed by atoms with Crippen LogP contribution in [0.1, 0.15) is 36.4 Å². The van der Waals surface area contributed by atoms with Gasteiger partial charge in [-0.1, -0.05) is 55.8 Å². The quantitative estimate of drug-likeness (QED) is 0.608. The summed E-state index contributed by atoms with van der Waals surface area (Å²) < 4.78 is 10.2. The normalized spacial score (nSPS) is 10.9. The van der Waals surface area contributed by atoms with Crippen LogP contribution in [0.15, 0.2) is 48.5 Å². The number of carbonyl (C=O) groups excluding carboxylic acids is 1. The topological polar surface area (TPSA) is 64.1 Å². The van der Waals surface area contributed by atoms with Crippen molar-refractivity contribution in [2.75, 3.05) is 6.54 Å². The fraction of sp³-hybridized carbons (Fsp3) is 0.318. The van der Waals surface area contributed by atoms with Crippen LogP contribution < -0.4 is 10.1 Å². The zero-order valence-electron chi connectivity index (χ0n) is 16.4. The van der Waals surface area contributed by atoms with Crippen molar-refractivity contribution in [2.24, 2.45) is 5.92 Å². The predicted molar refractivity (Wildman–Crippen MR) is 112 cm³/mol. The summed E-state index contributed by atoms with van der Waals surface area (Å²) in [5.74, 6) is 1.92. The largest absolute Gasteiger partial charge is 0.430 e. The molecule has 0 unspecified atom stereocenters. The highest BCUT2D eigenvalue weighted by Gasteiger charge is 2.08. The van der Waals surface area contributed by atoms with E-state index in [2.05, 4.69) is 59.7 Å². The van der Waals surface area contributed by atoms with Crippen LogP contribution in [0.3, 0.4) is 0 Å². The summed E-state index contributed by atoms with van der Waals surface area (Å²) in [5, 5.41) is 3.44. The van der Waals surface area contributed by atoms with Gasteiger partial charge >= 0.3 is 0 Å². The molecule has 0 saturated heterocycles. The fourth-order valence-corrected chi connectivity index (χ4v) is 3.15. The van der Waals surface area contributed by atoms with E-state index in [1.54, 1.807) is 0 Å². The second kappa shape index (κ2) is 9.46. The van der Waals surface area contributed by atoms with Gasteiger partial charge in [0.2, 0.25) is 5.91 Å². The smallest absolute Gasteiger partial charge is 0.298 e. The maximum absolute atomic E-state index is 11.9. The first kappa shape index (κ1) is 20.0. The molecular formula is C22H25N3O2S. The molecule has 1 aromatic heterocycles. The maximum atomic E-state index is 11.9. The van der Waals surface area contributed by atoms with Crippen molar-refractivity contribution in [1.29, 1.82) is 0 Å². The lowest BCUT2D eigenvalue weighted by Crippen LogP contribution is -2.28. The van der Waals surface area contributed by atoms with Crippen molar-refractivity contribution in [1.82, 2.24) is 14.7 Å². The zero-order chi connectivity index (χ0) is 19.9. The SMILES string of the molecule is Cc1ccc(Cc2nsc(Oc3ccc(CC(=O)NCC(C)C)cc3)n2)cc1. The molecule has 0 aliphatic rings. The molecule has 0 bridgehead atoms. The molecule has 1 heterocycles. The lowest BCUT2D eigenvalue weighted by atomic mass is 10.1. The van der Waals surface area contributed by atoms with Crippen molar-refractivity contribution in [2.45, 2.75) is 33.6 Å². The first-order valence-corrected chi connectivity index (χ1v) is 10.2. The third-order valence-corrected chi connectivity index (χ3v) is 4.77. The number of hydrogen-bond acceptors (Lipinski definition) is 5. The molecule has 0 fully saturated rings. The van der Waals surface area contributed by atoms with Crippen LogP contribution in [-0.2, 0) is 17.6 Å². The highest BCUT2D eigenvalue weighted by molar-refractivity contribution is 7.07. The minimum absolute atomic E-state index is 0.0345. The summed E-state index contributed by atoms with van der Waals surface area (Å²) in [5.41, 5.74) is 3.36. The van der Waals surface area contributed by atoms with Crippen molar-refractivity contribution >= 4 is 17.4 Å². The predicted octanol–water partition coefficient (Wildman–Crippen LogP) is 4.54. The Morgan fingerprint density at radius 2 is 1.75 bits per heavy atom. The molecule has 28 heavy (non-hydrogen) atoms. The van der Waals surface area contributed by atoms with Crippen LogP contribution in [0.2, 0.25) is 0 Å². The van der Waals surface area contributed by atoms with Crippen molar-refractivity contribution in [3.05, 3.63) is 71.0 Å². The van der Waals surface area contributed by atoms with E-state index in [-0.39, 0.29) is 5.91 Å². The van der Waals surface area contributed by atoms with Crippen molar-refractivity contribution < 1.29 is 9.53 Å². The molecule has 6 heteroatoms. The second-order valence-electron chi connectivity index (χ2n) is 7.26. The molecule has 3 aromatic rings. The van der Waals surface area contributed by atoms with Gasteiger partial charge in [0.1, 0.15) is 5.75 Å². The molecular weight excluding hydrogens is 370 g/mol. The van der Waals surface area contributed by atoms with Crippen LogP contribution in [0.4, 0.5) is 0 Å². The molecule has 2 aromatic carbocycles. The number of benzene rings is 2. The Hall–Kier alpha value is -2.73. The average molecular weight is 396 g/mol. The maximum Gasteiger partial charge on any atom is 0.298 e. The van der Waals surface area contributed by atoms with Gasteiger partial charge in [-0.15, -0.1) is 0 Å². The van der Waals surface area contributed by atoms with Gasteiger partial charge < -0.3 is 10.1 Å². The molecule has 0 spiro atoms. The van der Waals surface area contributed by atoms with E-state index in [9.17, 15) is 4.79 Å². The second-order valence-corrected chi connectivity index (χ2v) is 7.97. The summed E-state index contributed by atoms with van der Waals surface area (Å²) in [7, 11) is 0. The van der Waals surface area contributed by atoms with E-state index in [4.69, 9.17) is 4.74 Å². The lowest BCUT2D eigenvalue weighted by Gasteiger charge is -2.08. The zero-order valence-corrected chi connectivity index (χ0v) is 17.3. The molecule has 1 N–H and O–H groups in total. The van der Waals surface area contributed by atoms with Gasteiger partial charge in [0.15, 0.2) is 5.82 Å². The number of hydrogen-bond donors (Lipinski definition) is 1. The molecule has 5 nitrogen and oxygen atoms in total. The van der Waals surface area contributed by atoms with Gasteiger partial charge in [-0.2, -0.15) is 9.36 Å². The highest BCUT2D eigenvalue weighted by atomic mass is 32.1. The van der Waals surface area contributed by atoms with Gasteiger partial charge in [-0.3, -0.25) is 4.79 Å². The highest BCUT2D eigenvalue weighted by Crippen LogP contribution is 2.24. The molecule has 1 amide bonds. The Balaban J connectivity index is 1.53. The molecule has 3 rings (SSSR count). The molecule has 0 aliphatic heterocycles. The molecule has 0 atom stereocenters. The first-order chi connectivity index (χ1) is 13.5. The van der Waals surface area contributed by atoms with Crippen LogP contribution in [0.25, 0.3) is 0 Å². The monoisotopic (exact) mass is 395 g/mol. The van der Waals surface area contributed by atoms with Gasteiger partial charge in [-0.05, 0) is 36.1 Å². The van der Waals surface area contributed by atoms with Gasteiger partial charge in [0.25, 0.3) is 5.19 Å². The van der Waals surface area contributed by atoms with E-state index < -0.39 is 0 Å². The summed E-state index contributed by atoms with van der Waals surface area (Å²) in [6.45, 7) is 6.92. The van der Waals surface area contributed by atoms with E-state index >= 15 is 0 Å². The van der Waals surface area contributed by atoms with Crippen molar-refractivity contribution in [3.63, 3.8) is 0 Å². The van der Waals surface area contributed by atoms with E-state index in [1.165, 1.54) is 22.7 Å². The van der Waals surface area contributed by atoms with E-state index in [0.29, 0.717) is 36.2 Å². The Labute approximate surface area is 170 Å². The van der Waals surface area contributed by atoms with Crippen LogP contribution in [0, 0.1) is 12.8 Å². The minimum atomic E-state index is 0.0345. The fourth-order valence-electron chi connectivity index (χ4n) is 2.58. The number of amides is 1. The van der Waals surface area contributed by atoms with Crippen LogP contribution in [0.5, 0.6) is 10.9 Å². The molecule has 0 saturated carbocycles. The number of nitrogens with zero attached hydrogens (tertiary/aromatic N) is 2. The third-order valence-electron chi connectivity index (χ3n) is 4.13. The number of carbonyl (C=O) groups is 1. The summed E-state index contributed by atoms with van der Waals surface area (Å²) >= 11 is 1.24. The third kappa shape index (κ3) is 6.16. The Morgan fingerprint density at radius 3 is 2.43 bits per heavy atom. The molecule has 0 aliphatic carbocycles. The minimum Gasteiger partial charge on any atom is -0.430 e. The first-order valence-electron chi connectivity index (χ1n) is 9.39. The molecule has 0 radical (unpaired) electrons. The average Bonchev–Trinajstić information content (AvgIpc) is 3.10. The van der Waals surface area contributed by atoms with E-state index in [1.807, 2.05) is 24.3 Å². The summed E-state index contributed by atoms with van der Waals surface area (Å²) in [6.07, 6.45) is 1.05. The number of aromatic nitrogens is 2. The van der Waals surface area contributed by atoms with Crippen LogP contribution in [-0.4, -0.2) is 21.8 Å². The van der Waals surface area contributed by atoms with Crippen LogP contribution >= 0.6 is 11.5 Å². The van der Waals surface area contributed by atoms with Gasteiger partial charge in [0.05, 0.1) is 6.42 Å². The number of aryl methyl sites for hydroxylation is 1. The number of nitrogens with one attached hydrogen (secondary N) is 1. The summed E-state index contributed by atoms with van der Waals surface area (Å²) in [6, 6.07) is 15.9. The number of ether oxygens (including phenoxy) is 1. The summed E-state index contributed by atoms with van der Waals surface area (Å²) in [4.78, 5) is 16.4. The standard InChI is InChI=1S/C22H25N3O2S/c1-15(2)14-23-21(26)13-18-8-10-19(11-9-18)27-22-24-20(25-28-22)12-17-6-4-16(3)5-7-17/h4-11,15H,12-14H2,1-3H3,(H,23,26). The van der Waals surface area contributed by atoms with Gasteiger partial charge in [-0.25, -0.2) is 0 Å². The lowest BCUT2D eigenvalue weighted by molar-refractivity contribution is -0.120. The van der Waals surface area contributed by atoms with Crippen molar-refractivity contribution in [3.8, 4) is 10.9 Å². The number of rotatable bonds is 8.